The van der Waals surface area contributed by atoms with Gasteiger partial charge in [-0.25, -0.2) is 0 Å². The van der Waals surface area contributed by atoms with Crippen molar-refractivity contribution in [1.29, 1.82) is 0 Å². The number of nitrogens with zero attached hydrogens (tertiary/aromatic N) is 3. The SMILES string of the molecule is [N-]=[N+]=NCC/C=C/c1ccc(Br)cc1. The van der Waals surface area contributed by atoms with Gasteiger partial charge in [0.15, 0.2) is 0 Å². The first kappa shape index (κ1) is 10.8. The zero-order chi connectivity index (χ0) is 10.2. The van der Waals surface area contributed by atoms with Crippen LogP contribution in [-0.4, -0.2) is 6.54 Å². The minimum atomic E-state index is 0.517. The summed E-state index contributed by atoms with van der Waals surface area (Å²) in [7, 11) is 0. The molecule has 3 nitrogen and oxygen atoms in total. The van der Waals surface area contributed by atoms with Gasteiger partial charge in [-0.2, -0.15) is 0 Å². The van der Waals surface area contributed by atoms with Crippen LogP contribution < -0.4 is 0 Å². The van der Waals surface area contributed by atoms with Gasteiger partial charge in [0.1, 0.15) is 0 Å². The van der Waals surface area contributed by atoms with Gasteiger partial charge >= 0.3 is 0 Å². The largest absolute Gasteiger partial charge is 0.0937 e. The van der Waals surface area contributed by atoms with E-state index < -0.39 is 0 Å². The molecule has 0 aromatic heterocycles. The third-order valence-corrected chi connectivity index (χ3v) is 2.17. The summed E-state index contributed by atoms with van der Waals surface area (Å²) in [6.07, 6.45) is 4.79. The second kappa shape index (κ2) is 6.24. The van der Waals surface area contributed by atoms with Crippen molar-refractivity contribution >= 4 is 22.0 Å². The average Bonchev–Trinajstić information content (AvgIpc) is 2.21. The Bertz CT molecular complexity index is 350. The molecule has 1 rings (SSSR count). The lowest BCUT2D eigenvalue weighted by Crippen LogP contribution is -1.74. The molecule has 0 N–H and O–H groups in total. The molecule has 0 atom stereocenters. The third kappa shape index (κ3) is 4.12. The highest BCUT2D eigenvalue weighted by molar-refractivity contribution is 9.10. The molecule has 1 aromatic rings. The summed E-state index contributed by atoms with van der Waals surface area (Å²) in [4.78, 5) is 2.68. The van der Waals surface area contributed by atoms with E-state index in [0.29, 0.717) is 6.54 Å². The van der Waals surface area contributed by atoms with Gasteiger partial charge in [-0.05, 0) is 29.6 Å². The second-order valence-electron chi connectivity index (χ2n) is 2.70. The number of rotatable bonds is 4. The Balaban J connectivity index is 2.43. The van der Waals surface area contributed by atoms with E-state index in [0.717, 1.165) is 16.5 Å². The van der Waals surface area contributed by atoms with Crippen molar-refractivity contribution in [3.05, 3.63) is 50.8 Å². The van der Waals surface area contributed by atoms with E-state index in [2.05, 4.69) is 26.0 Å². The number of azide groups is 1. The van der Waals surface area contributed by atoms with Crippen LogP contribution in [0.25, 0.3) is 16.5 Å². The molecule has 72 valence electrons. The Morgan fingerprint density at radius 1 is 1.36 bits per heavy atom. The smallest absolute Gasteiger partial charge is 0.0292 e. The molecular weight excluding hydrogens is 242 g/mol. The van der Waals surface area contributed by atoms with Crippen molar-refractivity contribution in [1.82, 2.24) is 0 Å². The van der Waals surface area contributed by atoms with Gasteiger partial charge in [-0.15, -0.1) is 0 Å². The lowest BCUT2D eigenvalue weighted by Gasteiger charge is -1.92. The predicted molar refractivity (Wildman–Crippen MR) is 61.8 cm³/mol. The molecule has 0 radical (unpaired) electrons. The Kier molecular flexibility index (Phi) is 4.83. The summed E-state index contributed by atoms with van der Waals surface area (Å²) < 4.78 is 1.07. The predicted octanol–water partition coefficient (Wildman–Crippen LogP) is 4.16. The molecule has 0 spiro atoms. The van der Waals surface area contributed by atoms with E-state index in [1.165, 1.54) is 0 Å². The molecular formula is C10H10BrN3. The molecule has 0 aliphatic rings. The number of hydrogen-bond donors (Lipinski definition) is 0. The molecule has 1 aromatic carbocycles. The number of halogens is 1. The van der Waals surface area contributed by atoms with Crippen molar-refractivity contribution in [3.63, 3.8) is 0 Å². The molecule has 0 bridgehead atoms. The van der Waals surface area contributed by atoms with Crippen molar-refractivity contribution < 1.29 is 0 Å². The van der Waals surface area contributed by atoms with Crippen LogP contribution in [0.2, 0.25) is 0 Å². The van der Waals surface area contributed by atoms with Gasteiger partial charge < -0.3 is 0 Å². The van der Waals surface area contributed by atoms with Crippen molar-refractivity contribution in [3.8, 4) is 0 Å². The maximum absolute atomic E-state index is 8.04. The van der Waals surface area contributed by atoms with Gasteiger partial charge in [-0.3, -0.25) is 0 Å². The second-order valence-corrected chi connectivity index (χ2v) is 3.61. The fraction of sp³-hybridized carbons (Fsp3) is 0.200. The van der Waals surface area contributed by atoms with E-state index in [-0.39, 0.29) is 0 Å². The summed E-state index contributed by atoms with van der Waals surface area (Å²) in [6.45, 7) is 0.517. The summed E-state index contributed by atoms with van der Waals surface area (Å²) in [5.41, 5.74) is 9.19. The third-order valence-electron chi connectivity index (χ3n) is 1.64. The number of hydrogen-bond acceptors (Lipinski definition) is 1. The Hall–Kier alpha value is -1.25. The van der Waals surface area contributed by atoms with Crippen LogP contribution in [-0.2, 0) is 0 Å². The van der Waals surface area contributed by atoms with Gasteiger partial charge in [0.2, 0.25) is 0 Å². The van der Waals surface area contributed by atoms with Gasteiger partial charge in [0, 0.05) is 15.9 Å². The molecule has 0 unspecified atom stereocenters. The minimum Gasteiger partial charge on any atom is -0.0937 e. The molecule has 0 saturated heterocycles. The van der Waals surface area contributed by atoms with Gasteiger partial charge in [-0.1, -0.05) is 45.3 Å². The van der Waals surface area contributed by atoms with Crippen LogP contribution in [0.15, 0.2) is 39.9 Å². The molecule has 0 aliphatic heterocycles. The zero-order valence-electron chi connectivity index (χ0n) is 7.60. The van der Waals surface area contributed by atoms with Crippen LogP contribution in [0.5, 0.6) is 0 Å². The van der Waals surface area contributed by atoms with Crippen LogP contribution in [0.3, 0.4) is 0 Å². The van der Waals surface area contributed by atoms with E-state index in [4.69, 9.17) is 5.53 Å². The molecule has 14 heavy (non-hydrogen) atoms. The molecule has 0 aliphatic carbocycles. The molecule has 0 heterocycles. The van der Waals surface area contributed by atoms with Crippen LogP contribution in [0.1, 0.15) is 12.0 Å². The monoisotopic (exact) mass is 251 g/mol. The molecule has 4 heteroatoms. The van der Waals surface area contributed by atoms with E-state index in [9.17, 15) is 0 Å². The Morgan fingerprint density at radius 3 is 2.71 bits per heavy atom. The van der Waals surface area contributed by atoms with E-state index in [1.54, 1.807) is 0 Å². The molecule has 0 amide bonds. The van der Waals surface area contributed by atoms with E-state index >= 15 is 0 Å². The minimum absolute atomic E-state index is 0.517. The highest BCUT2D eigenvalue weighted by Gasteiger charge is 1.86. The fourth-order valence-corrected chi connectivity index (χ4v) is 1.23. The van der Waals surface area contributed by atoms with Crippen molar-refractivity contribution in [2.45, 2.75) is 6.42 Å². The zero-order valence-corrected chi connectivity index (χ0v) is 9.18. The van der Waals surface area contributed by atoms with E-state index in [1.807, 2.05) is 36.4 Å². The fourth-order valence-electron chi connectivity index (χ4n) is 0.970. The highest BCUT2D eigenvalue weighted by atomic mass is 79.9. The maximum atomic E-state index is 8.04. The first-order chi connectivity index (χ1) is 6.83. The summed E-state index contributed by atoms with van der Waals surface area (Å²) in [5.74, 6) is 0. The van der Waals surface area contributed by atoms with Crippen LogP contribution in [0, 0.1) is 0 Å². The van der Waals surface area contributed by atoms with Crippen LogP contribution >= 0.6 is 15.9 Å². The Labute approximate surface area is 91.2 Å². The van der Waals surface area contributed by atoms with Crippen molar-refractivity contribution in [2.75, 3.05) is 6.54 Å². The van der Waals surface area contributed by atoms with Gasteiger partial charge in [0.25, 0.3) is 0 Å². The quantitative estimate of drug-likeness (QED) is 0.334. The van der Waals surface area contributed by atoms with Crippen LogP contribution in [0.4, 0.5) is 0 Å². The maximum Gasteiger partial charge on any atom is 0.0292 e. The normalized spacial score (nSPS) is 10.1. The highest BCUT2D eigenvalue weighted by Crippen LogP contribution is 2.11. The topological polar surface area (TPSA) is 48.8 Å². The first-order valence-corrected chi connectivity index (χ1v) is 5.05. The Morgan fingerprint density at radius 2 is 2.07 bits per heavy atom. The number of benzene rings is 1. The van der Waals surface area contributed by atoms with Crippen molar-refractivity contribution in [2.24, 2.45) is 5.11 Å². The lowest BCUT2D eigenvalue weighted by atomic mass is 10.2. The molecule has 0 saturated carbocycles. The summed E-state index contributed by atoms with van der Waals surface area (Å²) >= 11 is 3.37. The first-order valence-electron chi connectivity index (χ1n) is 4.26. The summed E-state index contributed by atoms with van der Waals surface area (Å²) in [5, 5.41) is 3.44. The summed E-state index contributed by atoms with van der Waals surface area (Å²) in [6, 6.07) is 8.03. The lowest BCUT2D eigenvalue weighted by molar-refractivity contribution is 0.996. The molecule has 0 fully saturated rings. The van der Waals surface area contributed by atoms with Gasteiger partial charge in [0.05, 0.1) is 0 Å². The standard InChI is InChI=1S/C10H10BrN3/c11-10-6-4-9(5-7-10)3-1-2-8-13-14-12/h1,3-7H,2,8H2/b3-1+. The average molecular weight is 252 g/mol.